The summed E-state index contributed by atoms with van der Waals surface area (Å²) in [5.41, 5.74) is 1.75. The van der Waals surface area contributed by atoms with Crippen molar-refractivity contribution in [1.82, 2.24) is 25.0 Å². The first kappa shape index (κ1) is 13.0. The minimum atomic E-state index is -0.0334. The minimum Gasteiger partial charge on any atom is -0.347 e. The molecule has 1 aliphatic heterocycles. The van der Waals surface area contributed by atoms with Gasteiger partial charge in [0.1, 0.15) is 5.82 Å². The number of hydrogen-bond donors (Lipinski definition) is 1. The molecule has 0 bridgehead atoms. The van der Waals surface area contributed by atoms with Gasteiger partial charge in [-0.15, -0.1) is 0 Å². The molecule has 0 unspecified atom stereocenters. The van der Waals surface area contributed by atoms with Crippen molar-refractivity contribution in [2.75, 3.05) is 6.54 Å². The van der Waals surface area contributed by atoms with Crippen molar-refractivity contribution in [1.29, 1.82) is 0 Å². The van der Waals surface area contributed by atoms with Gasteiger partial charge >= 0.3 is 0 Å². The molecular weight excluding hydrogens is 282 g/mol. The largest absolute Gasteiger partial charge is 0.347 e. The van der Waals surface area contributed by atoms with E-state index in [4.69, 9.17) is 4.52 Å². The fraction of sp³-hybridized carbons (Fsp3) is 0.333. The van der Waals surface area contributed by atoms with E-state index >= 15 is 0 Å². The van der Waals surface area contributed by atoms with Crippen LogP contribution in [0.2, 0.25) is 0 Å². The van der Waals surface area contributed by atoms with Gasteiger partial charge in [-0.25, -0.2) is 9.97 Å². The number of carbonyl (C=O) groups excluding carboxylic acids is 1. The third-order valence-corrected chi connectivity index (χ3v) is 4.11. The number of nitrogens with one attached hydrogen (secondary N) is 1. The number of aryl methyl sites for hydroxylation is 1. The Morgan fingerprint density at radius 3 is 3.18 bits per heavy atom. The molecule has 0 radical (unpaired) electrons. The summed E-state index contributed by atoms with van der Waals surface area (Å²) in [5, 5.41) is 4.65. The number of carbonyl (C=O) groups is 1. The standard InChI is InChI=1S/C15H15N5O2/c1-9-11-7-10(8-18-14(11)22-19-9)15(21)20-6-2-3-12(20)13-16-4-5-17-13/h4-5,7-8,12H,2-3,6H2,1H3,(H,16,17)/t12-/m1/s1. The molecule has 0 aromatic carbocycles. The number of fused-ring (bicyclic) bond motifs is 1. The molecule has 0 spiro atoms. The number of nitrogens with zero attached hydrogens (tertiary/aromatic N) is 4. The van der Waals surface area contributed by atoms with E-state index in [1.54, 1.807) is 24.7 Å². The zero-order chi connectivity index (χ0) is 15.1. The summed E-state index contributed by atoms with van der Waals surface area (Å²) in [7, 11) is 0. The number of rotatable bonds is 2. The van der Waals surface area contributed by atoms with Gasteiger partial charge in [0.25, 0.3) is 11.6 Å². The SMILES string of the molecule is Cc1noc2ncc(C(=O)N3CCC[C@@H]3c3ncc[nH]3)cc12. The van der Waals surface area contributed by atoms with E-state index < -0.39 is 0 Å². The van der Waals surface area contributed by atoms with Gasteiger partial charge in [-0.3, -0.25) is 4.79 Å². The number of aromatic nitrogens is 4. The van der Waals surface area contributed by atoms with Crippen molar-refractivity contribution in [2.45, 2.75) is 25.8 Å². The van der Waals surface area contributed by atoms with Crippen LogP contribution in [0.4, 0.5) is 0 Å². The summed E-state index contributed by atoms with van der Waals surface area (Å²) in [6.45, 7) is 2.56. The summed E-state index contributed by atoms with van der Waals surface area (Å²) in [5.74, 6) is 0.801. The summed E-state index contributed by atoms with van der Waals surface area (Å²) in [6, 6.07) is 1.80. The van der Waals surface area contributed by atoms with Crippen LogP contribution >= 0.6 is 0 Å². The van der Waals surface area contributed by atoms with Gasteiger partial charge in [-0.2, -0.15) is 0 Å². The number of amides is 1. The average molecular weight is 297 g/mol. The van der Waals surface area contributed by atoms with E-state index in [0.717, 1.165) is 36.3 Å². The maximum absolute atomic E-state index is 12.8. The maximum Gasteiger partial charge on any atom is 0.257 e. The molecule has 7 heteroatoms. The zero-order valence-electron chi connectivity index (χ0n) is 12.1. The fourth-order valence-electron chi connectivity index (χ4n) is 2.98. The molecule has 3 aromatic heterocycles. The van der Waals surface area contributed by atoms with Gasteiger partial charge in [-0.05, 0) is 25.8 Å². The molecule has 4 heterocycles. The summed E-state index contributed by atoms with van der Waals surface area (Å²) in [4.78, 5) is 26.3. The van der Waals surface area contributed by atoms with Crippen LogP contribution in [0.25, 0.3) is 11.1 Å². The molecular formula is C15H15N5O2. The van der Waals surface area contributed by atoms with E-state index in [1.165, 1.54) is 0 Å². The topological polar surface area (TPSA) is 87.9 Å². The Kier molecular flexibility index (Phi) is 2.92. The van der Waals surface area contributed by atoms with Gasteiger partial charge in [0.15, 0.2) is 0 Å². The Bertz CT molecular complexity index is 824. The highest BCUT2D eigenvalue weighted by Crippen LogP contribution is 2.31. The Hall–Kier alpha value is -2.70. The third kappa shape index (κ3) is 1.97. The number of imidazole rings is 1. The molecule has 4 rings (SSSR count). The molecule has 1 amide bonds. The third-order valence-electron chi connectivity index (χ3n) is 4.11. The molecule has 112 valence electrons. The predicted octanol–water partition coefficient (Wildman–Crippen LogP) is 2.23. The van der Waals surface area contributed by atoms with Crippen LogP contribution in [0, 0.1) is 6.92 Å². The van der Waals surface area contributed by atoms with Crippen LogP contribution in [0.15, 0.2) is 29.2 Å². The van der Waals surface area contributed by atoms with E-state index in [1.807, 2.05) is 11.8 Å². The van der Waals surface area contributed by atoms with Crippen molar-refractivity contribution in [3.63, 3.8) is 0 Å². The van der Waals surface area contributed by atoms with E-state index in [9.17, 15) is 4.79 Å². The van der Waals surface area contributed by atoms with Crippen molar-refractivity contribution >= 4 is 17.0 Å². The normalized spacial score (nSPS) is 18.2. The molecule has 7 nitrogen and oxygen atoms in total. The maximum atomic E-state index is 12.8. The van der Waals surface area contributed by atoms with Crippen LogP contribution < -0.4 is 0 Å². The van der Waals surface area contributed by atoms with Gasteiger partial charge in [0.2, 0.25) is 0 Å². The monoisotopic (exact) mass is 297 g/mol. The Labute approximate surface area is 126 Å². The number of H-pyrrole nitrogens is 1. The Balaban J connectivity index is 1.68. The summed E-state index contributed by atoms with van der Waals surface area (Å²) in [6.07, 6.45) is 6.93. The molecule has 1 N–H and O–H groups in total. The lowest BCUT2D eigenvalue weighted by Gasteiger charge is -2.23. The highest BCUT2D eigenvalue weighted by Gasteiger charge is 2.32. The van der Waals surface area contributed by atoms with Gasteiger partial charge in [-0.1, -0.05) is 5.16 Å². The van der Waals surface area contributed by atoms with Gasteiger partial charge in [0, 0.05) is 25.1 Å². The van der Waals surface area contributed by atoms with Crippen molar-refractivity contribution in [3.05, 3.63) is 41.7 Å². The van der Waals surface area contributed by atoms with Crippen LogP contribution in [0.1, 0.15) is 40.8 Å². The lowest BCUT2D eigenvalue weighted by molar-refractivity contribution is 0.0730. The van der Waals surface area contributed by atoms with Crippen LogP contribution in [0.5, 0.6) is 0 Å². The highest BCUT2D eigenvalue weighted by molar-refractivity contribution is 5.97. The fourth-order valence-corrected chi connectivity index (χ4v) is 2.98. The molecule has 1 aliphatic rings. The molecule has 1 saturated heterocycles. The number of pyridine rings is 1. The van der Waals surface area contributed by atoms with Crippen molar-refractivity contribution in [2.24, 2.45) is 0 Å². The molecule has 22 heavy (non-hydrogen) atoms. The molecule has 3 aromatic rings. The number of aromatic amines is 1. The minimum absolute atomic E-state index is 0.00164. The van der Waals surface area contributed by atoms with E-state index in [-0.39, 0.29) is 11.9 Å². The number of hydrogen-bond acceptors (Lipinski definition) is 5. The van der Waals surface area contributed by atoms with E-state index in [0.29, 0.717) is 11.3 Å². The second-order valence-electron chi connectivity index (χ2n) is 5.48. The first-order valence-corrected chi connectivity index (χ1v) is 7.26. The highest BCUT2D eigenvalue weighted by atomic mass is 16.5. The second kappa shape index (κ2) is 4.94. The molecule has 0 saturated carbocycles. The second-order valence-corrected chi connectivity index (χ2v) is 5.48. The van der Waals surface area contributed by atoms with E-state index in [2.05, 4.69) is 20.1 Å². The molecule has 0 aliphatic carbocycles. The van der Waals surface area contributed by atoms with Gasteiger partial charge < -0.3 is 14.4 Å². The van der Waals surface area contributed by atoms with Crippen LogP contribution in [-0.4, -0.2) is 37.5 Å². The lowest BCUT2D eigenvalue weighted by Crippen LogP contribution is -2.31. The average Bonchev–Trinajstić information content (AvgIpc) is 3.26. The smallest absolute Gasteiger partial charge is 0.257 e. The molecule has 1 atom stereocenters. The number of likely N-dealkylation sites (tertiary alicyclic amines) is 1. The van der Waals surface area contributed by atoms with Crippen molar-refractivity contribution < 1.29 is 9.32 Å². The zero-order valence-corrected chi connectivity index (χ0v) is 12.1. The predicted molar refractivity (Wildman–Crippen MR) is 78.1 cm³/mol. The Morgan fingerprint density at radius 1 is 1.45 bits per heavy atom. The quantitative estimate of drug-likeness (QED) is 0.783. The first-order chi connectivity index (χ1) is 10.7. The van der Waals surface area contributed by atoms with Gasteiger partial charge in [0.05, 0.1) is 22.7 Å². The first-order valence-electron chi connectivity index (χ1n) is 7.26. The lowest BCUT2D eigenvalue weighted by atomic mass is 10.1. The van der Waals surface area contributed by atoms with Crippen LogP contribution in [0.3, 0.4) is 0 Å². The van der Waals surface area contributed by atoms with Crippen LogP contribution in [-0.2, 0) is 0 Å². The van der Waals surface area contributed by atoms with Crippen molar-refractivity contribution in [3.8, 4) is 0 Å². The Morgan fingerprint density at radius 2 is 2.36 bits per heavy atom. The summed E-state index contributed by atoms with van der Waals surface area (Å²) >= 11 is 0. The molecule has 1 fully saturated rings. The summed E-state index contributed by atoms with van der Waals surface area (Å²) < 4.78 is 5.09.